The predicted octanol–water partition coefficient (Wildman–Crippen LogP) is 3.38. The van der Waals surface area contributed by atoms with Crippen molar-refractivity contribution in [2.75, 3.05) is 0 Å². The van der Waals surface area contributed by atoms with E-state index in [-0.39, 0.29) is 5.60 Å². The van der Waals surface area contributed by atoms with E-state index in [4.69, 9.17) is 9.84 Å². The van der Waals surface area contributed by atoms with E-state index in [1.54, 1.807) is 12.4 Å². The van der Waals surface area contributed by atoms with Crippen LogP contribution in [0.3, 0.4) is 0 Å². The van der Waals surface area contributed by atoms with Crippen LogP contribution >= 0.6 is 0 Å². The largest absolute Gasteiger partial charge is 0.497 e. The lowest BCUT2D eigenvalue weighted by atomic mass is 10.2. The number of aromatic nitrogens is 1. The quantitative estimate of drug-likeness (QED) is 0.616. The first kappa shape index (κ1) is 21.2. The summed E-state index contributed by atoms with van der Waals surface area (Å²) in [5.74, 6) is -0.388. The van der Waals surface area contributed by atoms with Gasteiger partial charge < -0.3 is 9.84 Å². The molecule has 0 aliphatic heterocycles. The van der Waals surface area contributed by atoms with Crippen molar-refractivity contribution >= 4 is 17.1 Å². The predicted molar refractivity (Wildman–Crippen MR) is 92.7 cm³/mol. The van der Waals surface area contributed by atoms with Gasteiger partial charge >= 0.3 is 11.4 Å². The van der Waals surface area contributed by atoms with Gasteiger partial charge in [-0.1, -0.05) is 0 Å². The van der Waals surface area contributed by atoms with E-state index < -0.39 is 37.6 Å². The molecule has 1 N–H and O–H groups in total. The molecule has 0 aliphatic carbocycles. The highest BCUT2D eigenvalue weighted by Crippen LogP contribution is 2.38. The Labute approximate surface area is 152 Å². The third-order valence-electron chi connectivity index (χ3n) is 2.72. The zero-order valence-electron chi connectivity index (χ0n) is 14.6. The van der Waals surface area contributed by atoms with Gasteiger partial charge in [0.2, 0.25) is 0 Å². The molecule has 0 atom stereocenters. The fraction of sp³-hybridized carbons (Fsp3) is 0.267. The molecule has 12 nitrogen and oxygen atoms in total. The highest BCUT2D eigenvalue weighted by Gasteiger charge is 2.30. The average Bonchev–Trinajstić information content (AvgIpc) is 2.54. The summed E-state index contributed by atoms with van der Waals surface area (Å²) in [6, 6.07) is 4.66. The van der Waals surface area contributed by atoms with Crippen LogP contribution in [-0.4, -0.2) is 30.5 Å². The number of ether oxygens (including phenoxy) is 1. The van der Waals surface area contributed by atoms with Gasteiger partial charge in [-0.2, -0.15) is 0 Å². The van der Waals surface area contributed by atoms with Crippen molar-refractivity contribution in [1.82, 2.24) is 4.98 Å². The molecule has 1 aromatic carbocycles. The maximum Gasteiger partial charge on any atom is 0.324 e. The van der Waals surface area contributed by atoms with Crippen molar-refractivity contribution in [2.45, 2.75) is 26.4 Å². The third kappa shape index (κ3) is 6.53. The summed E-state index contributed by atoms with van der Waals surface area (Å²) in [4.78, 5) is 31.7. The molecule has 2 rings (SSSR count). The number of non-ortho nitro benzene ring substituents is 1. The highest BCUT2D eigenvalue weighted by molar-refractivity contribution is 5.64. The molecule has 27 heavy (non-hydrogen) atoms. The Morgan fingerprint density at radius 1 is 1.00 bits per heavy atom. The first-order valence-electron chi connectivity index (χ1n) is 7.31. The number of pyridine rings is 1. The summed E-state index contributed by atoms with van der Waals surface area (Å²) < 4.78 is 5.54. The minimum atomic E-state index is -1.21. The van der Waals surface area contributed by atoms with Gasteiger partial charge in [-0.25, -0.2) is 0 Å². The van der Waals surface area contributed by atoms with Crippen molar-refractivity contribution in [3.05, 3.63) is 67.0 Å². The Kier molecular flexibility index (Phi) is 6.69. The van der Waals surface area contributed by atoms with Crippen LogP contribution in [0.1, 0.15) is 20.8 Å². The molecule has 0 radical (unpaired) electrons. The van der Waals surface area contributed by atoms with Crippen molar-refractivity contribution in [3.8, 4) is 11.5 Å². The smallest absolute Gasteiger partial charge is 0.324 e. The first-order chi connectivity index (χ1) is 12.4. The lowest BCUT2D eigenvalue weighted by Gasteiger charge is -2.20. The molecule has 2 aromatic rings. The molecule has 144 valence electrons. The number of benzene rings is 1. The van der Waals surface area contributed by atoms with Crippen molar-refractivity contribution < 1.29 is 24.6 Å². The molecular formula is C15H16N4O8. The number of nitro benzene ring substituents is 3. The number of hydrogen-bond donors (Lipinski definition) is 1. The molecule has 0 bridgehead atoms. The number of hydrogen-bond acceptors (Lipinski definition) is 9. The lowest BCUT2D eigenvalue weighted by molar-refractivity contribution is -0.404. The zero-order chi connectivity index (χ0) is 20.8. The summed E-state index contributed by atoms with van der Waals surface area (Å²) in [5.41, 5.74) is -3.14. The van der Waals surface area contributed by atoms with Crippen molar-refractivity contribution in [1.29, 1.82) is 0 Å². The molecule has 0 saturated heterocycles. The van der Waals surface area contributed by atoms with E-state index >= 15 is 0 Å². The summed E-state index contributed by atoms with van der Waals surface area (Å²) >= 11 is 0. The van der Waals surface area contributed by atoms with Crippen molar-refractivity contribution in [2.24, 2.45) is 0 Å². The number of nitro groups is 3. The molecule has 0 aliphatic rings. The normalized spacial score (nSPS) is 10.3. The van der Waals surface area contributed by atoms with E-state index in [1.807, 2.05) is 32.9 Å². The van der Waals surface area contributed by atoms with Crippen LogP contribution in [0.15, 0.2) is 36.7 Å². The molecule has 1 aromatic heterocycles. The van der Waals surface area contributed by atoms with Crippen LogP contribution in [-0.2, 0) is 0 Å². The topological polar surface area (TPSA) is 172 Å². The van der Waals surface area contributed by atoms with Gasteiger partial charge in [0.15, 0.2) is 0 Å². The summed E-state index contributed by atoms with van der Waals surface area (Å²) in [5, 5.41) is 40.2. The fourth-order valence-electron chi connectivity index (χ4n) is 1.73. The summed E-state index contributed by atoms with van der Waals surface area (Å²) in [7, 11) is 0. The van der Waals surface area contributed by atoms with Crippen LogP contribution in [0, 0.1) is 30.3 Å². The second-order valence-electron chi connectivity index (χ2n) is 6.01. The van der Waals surface area contributed by atoms with Gasteiger partial charge in [0.1, 0.15) is 11.4 Å². The number of phenols is 1. The number of phenolic OH excluding ortho intramolecular Hbond substituents is 1. The maximum absolute atomic E-state index is 10.4. The highest BCUT2D eigenvalue weighted by atomic mass is 16.6. The molecule has 0 amide bonds. The molecule has 0 saturated carbocycles. The number of aromatic hydroxyl groups is 1. The van der Waals surface area contributed by atoms with Gasteiger partial charge in [0.25, 0.3) is 11.4 Å². The molecule has 0 fully saturated rings. The van der Waals surface area contributed by atoms with Crippen LogP contribution < -0.4 is 4.74 Å². The molecular weight excluding hydrogens is 364 g/mol. The fourth-order valence-corrected chi connectivity index (χ4v) is 1.73. The minimum Gasteiger partial charge on any atom is -0.497 e. The van der Waals surface area contributed by atoms with Crippen LogP contribution in [0.25, 0.3) is 0 Å². The second-order valence-corrected chi connectivity index (χ2v) is 6.01. The van der Waals surface area contributed by atoms with E-state index in [2.05, 4.69) is 4.98 Å². The van der Waals surface area contributed by atoms with Gasteiger partial charge in [-0.15, -0.1) is 0 Å². The monoisotopic (exact) mass is 380 g/mol. The van der Waals surface area contributed by atoms with Crippen LogP contribution in [0.2, 0.25) is 0 Å². The van der Waals surface area contributed by atoms with Crippen LogP contribution in [0.4, 0.5) is 17.1 Å². The minimum absolute atomic E-state index is 0.136. The maximum atomic E-state index is 10.4. The second kappa shape index (κ2) is 8.51. The molecule has 0 spiro atoms. The Morgan fingerprint density at radius 2 is 1.52 bits per heavy atom. The zero-order valence-corrected chi connectivity index (χ0v) is 14.6. The molecule has 1 heterocycles. The SMILES string of the molecule is CC(C)(C)Oc1cccnc1.O=[N+]([O-])c1cc([N+](=O)[O-])c(O)c([N+](=O)[O-])c1. The van der Waals surface area contributed by atoms with Crippen molar-refractivity contribution in [3.63, 3.8) is 0 Å². The molecule has 12 heteroatoms. The van der Waals surface area contributed by atoms with E-state index in [0.29, 0.717) is 12.1 Å². The molecule has 0 unspecified atom stereocenters. The number of rotatable bonds is 4. The third-order valence-corrected chi connectivity index (χ3v) is 2.72. The Morgan fingerprint density at radius 3 is 1.85 bits per heavy atom. The van der Waals surface area contributed by atoms with Gasteiger partial charge in [-0.05, 0) is 32.9 Å². The summed E-state index contributed by atoms with van der Waals surface area (Å²) in [6.45, 7) is 6.04. The van der Waals surface area contributed by atoms with E-state index in [0.717, 1.165) is 5.75 Å². The lowest BCUT2D eigenvalue weighted by Crippen LogP contribution is -2.22. The first-order valence-corrected chi connectivity index (χ1v) is 7.31. The van der Waals surface area contributed by atoms with Gasteiger partial charge in [0.05, 0.1) is 33.1 Å². The van der Waals surface area contributed by atoms with E-state index in [1.165, 1.54) is 0 Å². The van der Waals surface area contributed by atoms with Gasteiger partial charge in [-0.3, -0.25) is 35.3 Å². The van der Waals surface area contributed by atoms with Crippen LogP contribution in [0.5, 0.6) is 11.5 Å². The number of nitrogens with zero attached hydrogens (tertiary/aromatic N) is 4. The summed E-state index contributed by atoms with van der Waals surface area (Å²) in [6.07, 6.45) is 3.45. The average molecular weight is 380 g/mol. The van der Waals surface area contributed by atoms with Gasteiger partial charge in [0, 0.05) is 6.20 Å². The van der Waals surface area contributed by atoms with E-state index in [9.17, 15) is 30.3 Å². The Hall–Kier alpha value is -3.83. The Bertz CT molecular complexity index is 814. The standard InChI is InChI=1S/C9H13NO.C6H3N3O7/c1-9(2,3)11-8-5-4-6-10-7-8;10-6-4(8(13)14)1-3(7(11)12)2-5(6)9(15)16/h4-7H,1-3H3;1-2,10H. The Balaban J connectivity index is 0.000000289.